The molecule has 0 aromatic heterocycles. The van der Waals surface area contributed by atoms with Crippen molar-refractivity contribution < 1.29 is 15.3 Å². The normalized spacial score (nSPS) is 52.3. The number of hydrogen-bond acceptors (Lipinski definition) is 3. The van der Waals surface area contributed by atoms with E-state index >= 15 is 0 Å². The van der Waals surface area contributed by atoms with Crippen molar-refractivity contribution in [3.8, 4) is 0 Å². The van der Waals surface area contributed by atoms with Gasteiger partial charge in [-0.15, -0.1) is 6.58 Å². The van der Waals surface area contributed by atoms with Crippen LogP contribution in [0.25, 0.3) is 0 Å². The smallest absolute Gasteiger partial charge is 0.0690 e. The van der Waals surface area contributed by atoms with Gasteiger partial charge in [0.15, 0.2) is 0 Å². The van der Waals surface area contributed by atoms with Gasteiger partial charge in [-0.05, 0) is 67.6 Å². The Hall–Kier alpha value is -0.380. The molecule has 132 valence electrons. The van der Waals surface area contributed by atoms with E-state index in [4.69, 9.17) is 0 Å². The standard InChI is InChI=1S/C20H34O3/c1-5-18(4)9-6-15-19(13-21)10-8-16(22)17(2,3)14(19)7-11-20(15,23)12-18/h5,14-16,21-23H,1,6-13H2,2-4H3. The summed E-state index contributed by atoms with van der Waals surface area (Å²) in [5.74, 6) is 0.417. The first-order valence-electron chi connectivity index (χ1n) is 9.28. The van der Waals surface area contributed by atoms with Crippen molar-refractivity contribution in [3.05, 3.63) is 12.7 Å². The predicted molar refractivity (Wildman–Crippen MR) is 91.9 cm³/mol. The molecule has 3 saturated carbocycles. The number of allylic oxidation sites excluding steroid dienone is 1. The summed E-state index contributed by atoms with van der Waals surface area (Å²) in [6.45, 7) is 10.6. The van der Waals surface area contributed by atoms with Crippen LogP contribution in [0.15, 0.2) is 12.7 Å². The van der Waals surface area contributed by atoms with Crippen LogP contribution in [0, 0.1) is 28.1 Å². The highest BCUT2D eigenvalue weighted by molar-refractivity contribution is 5.16. The molecule has 0 radical (unpaired) electrons. The molecule has 3 aliphatic carbocycles. The first-order chi connectivity index (χ1) is 10.6. The third-order valence-corrected chi connectivity index (χ3v) is 8.04. The molecule has 23 heavy (non-hydrogen) atoms. The highest BCUT2D eigenvalue weighted by Gasteiger charge is 2.64. The van der Waals surface area contributed by atoms with Crippen LogP contribution in [-0.2, 0) is 0 Å². The van der Waals surface area contributed by atoms with Gasteiger partial charge in [0.1, 0.15) is 0 Å². The molecule has 0 aliphatic heterocycles. The fraction of sp³-hybridized carbons (Fsp3) is 0.900. The summed E-state index contributed by atoms with van der Waals surface area (Å²) in [6.07, 6.45) is 7.67. The average Bonchev–Trinajstić information content (AvgIpc) is 2.49. The van der Waals surface area contributed by atoms with E-state index in [1.165, 1.54) is 0 Å². The van der Waals surface area contributed by atoms with Gasteiger partial charge in [0.05, 0.1) is 11.7 Å². The fourth-order valence-electron chi connectivity index (χ4n) is 6.61. The van der Waals surface area contributed by atoms with E-state index in [1.807, 2.05) is 6.08 Å². The largest absolute Gasteiger partial charge is 0.396 e. The van der Waals surface area contributed by atoms with Crippen LogP contribution in [0.4, 0.5) is 0 Å². The summed E-state index contributed by atoms with van der Waals surface area (Å²) < 4.78 is 0. The summed E-state index contributed by atoms with van der Waals surface area (Å²) in [7, 11) is 0. The lowest BCUT2D eigenvalue weighted by atomic mass is 9.41. The second-order valence-electron chi connectivity index (χ2n) is 9.59. The van der Waals surface area contributed by atoms with Gasteiger partial charge in [-0.2, -0.15) is 0 Å². The molecule has 3 nitrogen and oxygen atoms in total. The Kier molecular flexibility index (Phi) is 4.02. The summed E-state index contributed by atoms with van der Waals surface area (Å²) in [5, 5.41) is 32.4. The minimum Gasteiger partial charge on any atom is -0.396 e. The fourth-order valence-corrected chi connectivity index (χ4v) is 6.61. The van der Waals surface area contributed by atoms with E-state index in [0.717, 1.165) is 44.9 Å². The molecule has 0 bridgehead atoms. The number of rotatable bonds is 2. The van der Waals surface area contributed by atoms with E-state index in [-0.39, 0.29) is 40.8 Å². The summed E-state index contributed by atoms with van der Waals surface area (Å²) >= 11 is 0. The number of aliphatic hydroxyl groups is 3. The molecule has 3 fully saturated rings. The van der Waals surface area contributed by atoms with Crippen LogP contribution in [0.5, 0.6) is 0 Å². The van der Waals surface area contributed by atoms with Gasteiger partial charge in [0.2, 0.25) is 0 Å². The SMILES string of the molecule is C=CC1(C)CCC2C(O)(CCC3C(C)(C)C(O)CCC23CO)C1. The lowest BCUT2D eigenvalue weighted by molar-refractivity contribution is -0.238. The Morgan fingerprint density at radius 1 is 1.04 bits per heavy atom. The minimum absolute atomic E-state index is 0.00156. The van der Waals surface area contributed by atoms with Crippen molar-refractivity contribution in [2.45, 2.75) is 77.4 Å². The van der Waals surface area contributed by atoms with Crippen LogP contribution < -0.4 is 0 Å². The molecule has 3 rings (SSSR count). The lowest BCUT2D eigenvalue weighted by Gasteiger charge is -2.65. The molecule has 0 amide bonds. The molecule has 6 atom stereocenters. The molecule has 0 aromatic rings. The zero-order chi connectivity index (χ0) is 17.1. The van der Waals surface area contributed by atoms with Crippen LogP contribution in [0.3, 0.4) is 0 Å². The number of hydrogen-bond donors (Lipinski definition) is 3. The molecule has 3 aliphatic rings. The third kappa shape index (κ3) is 2.34. The predicted octanol–water partition coefficient (Wildman–Crippen LogP) is 3.28. The van der Waals surface area contributed by atoms with Gasteiger partial charge < -0.3 is 15.3 Å². The molecule has 0 spiro atoms. The van der Waals surface area contributed by atoms with Crippen LogP contribution >= 0.6 is 0 Å². The van der Waals surface area contributed by atoms with Crippen molar-refractivity contribution in [2.24, 2.45) is 28.1 Å². The van der Waals surface area contributed by atoms with Gasteiger partial charge in [-0.3, -0.25) is 0 Å². The van der Waals surface area contributed by atoms with Gasteiger partial charge >= 0.3 is 0 Å². The van der Waals surface area contributed by atoms with Crippen molar-refractivity contribution in [1.82, 2.24) is 0 Å². The topological polar surface area (TPSA) is 60.7 Å². The summed E-state index contributed by atoms with van der Waals surface area (Å²) in [4.78, 5) is 0. The van der Waals surface area contributed by atoms with Gasteiger partial charge in [0.25, 0.3) is 0 Å². The Labute approximate surface area is 140 Å². The van der Waals surface area contributed by atoms with E-state index in [2.05, 4.69) is 27.4 Å². The molecule has 0 saturated heterocycles. The second-order valence-corrected chi connectivity index (χ2v) is 9.59. The summed E-state index contributed by atoms with van der Waals surface area (Å²) in [6, 6.07) is 0. The van der Waals surface area contributed by atoms with Crippen molar-refractivity contribution in [3.63, 3.8) is 0 Å². The Balaban J connectivity index is 2.00. The van der Waals surface area contributed by atoms with Crippen molar-refractivity contribution >= 4 is 0 Å². The van der Waals surface area contributed by atoms with Crippen molar-refractivity contribution in [1.29, 1.82) is 0 Å². The molecule has 6 unspecified atom stereocenters. The Morgan fingerprint density at radius 2 is 1.70 bits per heavy atom. The monoisotopic (exact) mass is 322 g/mol. The number of fused-ring (bicyclic) bond motifs is 3. The average molecular weight is 322 g/mol. The highest BCUT2D eigenvalue weighted by Crippen LogP contribution is 2.66. The van der Waals surface area contributed by atoms with Gasteiger partial charge in [-0.1, -0.05) is 26.8 Å². The Morgan fingerprint density at radius 3 is 2.30 bits per heavy atom. The maximum atomic E-state index is 11.5. The lowest BCUT2D eigenvalue weighted by Crippen LogP contribution is -2.65. The molecule has 0 aromatic carbocycles. The molecule has 0 heterocycles. The molecular weight excluding hydrogens is 288 g/mol. The van der Waals surface area contributed by atoms with Crippen LogP contribution in [0.2, 0.25) is 0 Å². The third-order valence-electron chi connectivity index (χ3n) is 8.04. The molecular formula is C20H34O3. The van der Waals surface area contributed by atoms with Gasteiger partial charge in [-0.25, -0.2) is 0 Å². The molecule has 3 N–H and O–H groups in total. The first-order valence-corrected chi connectivity index (χ1v) is 9.28. The Bertz CT molecular complexity index is 487. The zero-order valence-electron chi connectivity index (χ0n) is 15.0. The number of aliphatic hydroxyl groups excluding tert-OH is 2. The zero-order valence-corrected chi connectivity index (χ0v) is 15.0. The van der Waals surface area contributed by atoms with E-state index < -0.39 is 5.60 Å². The van der Waals surface area contributed by atoms with Crippen molar-refractivity contribution in [2.75, 3.05) is 6.61 Å². The van der Waals surface area contributed by atoms with E-state index in [0.29, 0.717) is 0 Å². The first kappa shape index (κ1) is 17.4. The summed E-state index contributed by atoms with van der Waals surface area (Å²) in [5.41, 5.74) is -1.13. The second kappa shape index (κ2) is 5.31. The maximum absolute atomic E-state index is 11.5. The van der Waals surface area contributed by atoms with Crippen LogP contribution in [-0.4, -0.2) is 33.6 Å². The van der Waals surface area contributed by atoms with Gasteiger partial charge in [0, 0.05) is 12.0 Å². The van der Waals surface area contributed by atoms with E-state index in [1.54, 1.807) is 0 Å². The van der Waals surface area contributed by atoms with Crippen LogP contribution in [0.1, 0.15) is 65.7 Å². The maximum Gasteiger partial charge on any atom is 0.0690 e. The van der Waals surface area contributed by atoms with E-state index in [9.17, 15) is 15.3 Å². The molecule has 3 heteroatoms. The highest BCUT2D eigenvalue weighted by atomic mass is 16.3. The quantitative estimate of drug-likeness (QED) is 0.684. The minimum atomic E-state index is -0.696.